The van der Waals surface area contributed by atoms with Crippen molar-refractivity contribution in [3.05, 3.63) is 54.6 Å². The highest BCUT2D eigenvalue weighted by molar-refractivity contribution is 7.92. The van der Waals surface area contributed by atoms with E-state index in [1.54, 1.807) is 56.3 Å². The second-order valence-corrected chi connectivity index (χ2v) is 7.92. The molecule has 136 valence electrons. The minimum atomic E-state index is -3.66. The van der Waals surface area contributed by atoms with Gasteiger partial charge in [-0.25, -0.2) is 8.42 Å². The molecule has 0 aliphatic carbocycles. The van der Waals surface area contributed by atoms with Gasteiger partial charge in [0, 0.05) is 11.4 Å². The molecule has 0 unspecified atom stereocenters. The molecule has 2 rings (SSSR count). The van der Waals surface area contributed by atoms with E-state index in [4.69, 9.17) is 5.53 Å². The van der Waals surface area contributed by atoms with Crippen LogP contribution in [0.3, 0.4) is 0 Å². The van der Waals surface area contributed by atoms with Crippen molar-refractivity contribution in [3.63, 3.8) is 0 Å². The number of rotatable bonds is 7. The van der Waals surface area contributed by atoms with Crippen LogP contribution in [0.5, 0.6) is 0 Å². The van der Waals surface area contributed by atoms with Gasteiger partial charge in [0.2, 0.25) is 10.8 Å². The SMILES string of the molecule is CC(C)(CN=[N+]=N)C(=O)Nc1ccc(NS(=O)(=O)c2ccccc2)cc1. The molecule has 0 spiro atoms. The first-order valence-electron chi connectivity index (χ1n) is 7.77. The fraction of sp³-hybridized carbons (Fsp3) is 0.235. The zero-order chi connectivity index (χ0) is 19.2. The topological polar surface area (TPSA) is 126 Å². The van der Waals surface area contributed by atoms with Crippen molar-refractivity contribution in [2.45, 2.75) is 18.7 Å². The highest BCUT2D eigenvalue weighted by atomic mass is 32.2. The van der Waals surface area contributed by atoms with Gasteiger partial charge in [0.1, 0.15) is 17.2 Å². The molecule has 0 aromatic heterocycles. The summed E-state index contributed by atoms with van der Waals surface area (Å²) in [4.78, 5) is 15.3. The van der Waals surface area contributed by atoms with Gasteiger partial charge in [-0.3, -0.25) is 9.52 Å². The lowest BCUT2D eigenvalue weighted by molar-refractivity contribution is -0.123. The number of hydrogen-bond donors (Lipinski definition) is 3. The summed E-state index contributed by atoms with van der Waals surface area (Å²) < 4.78 is 27.0. The zero-order valence-electron chi connectivity index (χ0n) is 14.4. The first-order chi connectivity index (χ1) is 12.2. The van der Waals surface area contributed by atoms with Crippen molar-refractivity contribution >= 4 is 27.3 Å². The Morgan fingerprint density at radius 3 is 2.23 bits per heavy atom. The normalized spacial score (nSPS) is 11.3. The highest BCUT2D eigenvalue weighted by Gasteiger charge is 2.29. The fourth-order valence-corrected chi connectivity index (χ4v) is 3.10. The number of hydrogen-bond acceptors (Lipinski definition) is 5. The second kappa shape index (κ2) is 7.90. The van der Waals surface area contributed by atoms with Gasteiger partial charge in [0.05, 0.1) is 10.3 Å². The summed E-state index contributed by atoms with van der Waals surface area (Å²) in [7, 11) is -3.66. The Morgan fingerprint density at radius 2 is 1.65 bits per heavy atom. The first-order valence-corrected chi connectivity index (χ1v) is 9.25. The number of carbonyl (C=O) groups excluding carboxylic acids is 1. The molecular formula is C17H20N5O3S+. The molecule has 1 amide bonds. The lowest BCUT2D eigenvalue weighted by Crippen LogP contribution is -2.33. The van der Waals surface area contributed by atoms with Crippen molar-refractivity contribution in [1.29, 1.82) is 5.53 Å². The Labute approximate surface area is 151 Å². The van der Waals surface area contributed by atoms with Gasteiger partial charge in [-0.1, -0.05) is 18.2 Å². The van der Waals surface area contributed by atoms with E-state index in [-0.39, 0.29) is 17.3 Å². The molecule has 0 aliphatic heterocycles. The van der Waals surface area contributed by atoms with Crippen LogP contribution in [0.25, 0.3) is 0 Å². The highest BCUT2D eigenvalue weighted by Crippen LogP contribution is 2.21. The van der Waals surface area contributed by atoms with E-state index >= 15 is 0 Å². The molecule has 0 saturated heterocycles. The van der Waals surface area contributed by atoms with Crippen molar-refractivity contribution in [2.75, 3.05) is 16.6 Å². The minimum absolute atomic E-state index is 0.0945. The van der Waals surface area contributed by atoms with Crippen molar-refractivity contribution in [2.24, 2.45) is 10.5 Å². The number of anilines is 2. The average molecular weight is 374 g/mol. The van der Waals surface area contributed by atoms with Crippen LogP contribution >= 0.6 is 0 Å². The monoisotopic (exact) mass is 374 g/mol. The third-order valence-electron chi connectivity index (χ3n) is 3.60. The van der Waals surface area contributed by atoms with Crippen LogP contribution in [-0.2, 0) is 14.8 Å². The van der Waals surface area contributed by atoms with Gasteiger partial charge in [-0.05, 0) is 50.2 Å². The molecular weight excluding hydrogens is 354 g/mol. The molecule has 0 radical (unpaired) electrons. The molecule has 0 aliphatic rings. The Kier molecular flexibility index (Phi) is 5.86. The second-order valence-electron chi connectivity index (χ2n) is 6.23. The minimum Gasteiger partial charge on any atom is -0.326 e. The van der Waals surface area contributed by atoms with Gasteiger partial charge < -0.3 is 5.32 Å². The summed E-state index contributed by atoms with van der Waals surface area (Å²) in [6.45, 7) is 3.48. The van der Waals surface area contributed by atoms with Crippen LogP contribution < -0.4 is 15.0 Å². The van der Waals surface area contributed by atoms with Crippen LogP contribution in [0.15, 0.2) is 64.6 Å². The molecule has 2 aromatic rings. The predicted octanol–water partition coefficient (Wildman–Crippen LogP) is 3.00. The van der Waals surface area contributed by atoms with Crippen LogP contribution in [0.1, 0.15) is 13.8 Å². The van der Waals surface area contributed by atoms with Gasteiger partial charge in [0.25, 0.3) is 10.0 Å². The number of carbonyl (C=O) groups is 1. The lowest BCUT2D eigenvalue weighted by Gasteiger charge is -2.19. The van der Waals surface area contributed by atoms with Gasteiger partial charge in [-0.15, -0.1) is 0 Å². The molecule has 8 nitrogen and oxygen atoms in total. The third kappa shape index (κ3) is 4.98. The number of nitrogens with one attached hydrogen (secondary N) is 3. The standard InChI is InChI=1S/C17H19N5O3S/c1-17(2,12-19-22-18)16(23)20-13-8-10-14(11-9-13)21-26(24,25)15-6-4-3-5-7-15/h3-11H,12H2,1-2H3,(H2,18,19)/p+1. The average Bonchev–Trinajstić information content (AvgIpc) is 2.62. The smallest absolute Gasteiger partial charge is 0.261 e. The van der Waals surface area contributed by atoms with E-state index in [1.165, 1.54) is 12.1 Å². The molecule has 0 saturated carbocycles. The van der Waals surface area contributed by atoms with Crippen molar-refractivity contribution in [3.8, 4) is 0 Å². The Bertz CT molecular complexity index is 919. The van der Waals surface area contributed by atoms with E-state index in [1.807, 2.05) is 0 Å². The largest absolute Gasteiger partial charge is 0.326 e. The van der Waals surface area contributed by atoms with E-state index in [2.05, 4.69) is 20.1 Å². The molecule has 0 fully saturated rings. The number of nitrogens with zero attached hydrogens (tertiary/aromatic N) is 2. The fourth-order valence-electron chi connectivity index (χ4n) is 2.02. The van der Waals surface area contributed by atoms with Gasteiger partial charge in [-0.2, -0.15) is 0 Å². The Balaban J connectivity index is 2.07. The summed E-state index contributed by atoms with van der Waals surface area (Å²) >= 11 is 0. The first kappa shape index (κ1) is 19.3. The van der Waals surface area contributed by atoms with Crippen molar-refractivity contribution in [1.82, 2.24) is 4.91 Å². The zero-order valence-corrected chi connectivity index (χ0v) is 15.2. The maximum Gasteiger partial charge on any atom is 0.261 e. The molecule has 0 heterocycles. The van der Waals surface area contributed by atoms with Crippen LogP contribution in [0, 0.1) is 10.9 Å². The maximum atomic E-state index is 12.3. The molecule has 0 atom stereocenters. The summed E-state index contributed by atoms with van der Waals surface area (Å²) in [6, 6.07) is 14.4. The van der Waals surface area contributed by atoms with Crippen LogP contribution in [-0.4, -0.2) is 20.9 Å². The Hall–Kier alpha value is -3.03. The molecule has 9 heteroatoms. The van der Waals surface area contributed by atoms with Gasteiger partial charge in [0.15, 0.2) is 0 Å². The van der Waals surface area contributed by atoms with Gasteiger partial charge >= 0.3 is 0 Å². The summed E-state index contributed by atoms with van der Waals surface area (Å²) in [5, 5.41) is 6.28. The third-order valence-corrected chi connectivity index (χ3v) is 5.00. The van der Waals surface area contributed by atoms with E-state index in [0.29, 0.717) is 11.4 Å². The number of benzene rings is 2. The van der Waals surface area contributed by atoms with E-state index in [0.717, 1.165) is 0 Å². The molecule has 0 bridgehead atoms. The number of sulfonamides is 1. The molecule has 3 N–H and O–H groups in total. The maximum absolute atomic E-state index is 12.3. The van der Waals surface area contributed by atoms with E-state index in [9.17, 15) is 13.2 Å². The summed E-state index contributed by atoms with van der Waals surface area (Å²) in [5.74, 6) is -0.275. The van der Waals surface area contributed by atoms with Crippen LogP contribution in [0.2, 0.25) is 0 Å². The number of amides is 1. The summed E-state index contributed by atoms with van der Waals surface area (Å²) in [6.07, 6.45) is 0. The lowest BCUT2D eigenvalue weighted by atomic mass is 9.92. The molecule has 26 heavy (non-hydrogen) atoms. The predicted molar refractivity (Wildman–Crippen MR) is 98.3 cm³/mol. The quantitative estimate of drug-likeness (QED) is 0.509. The summed E-state index contributed by atoms with van der Waals surface area (Å²) in [5.41, 5.74) is 6.76. The van der Waals surface area contributed by atoms with E-state index < -0.39 is 15.4 Å². The Morgan fingerprint density at radius 1 is 1.08 bits per heavy atom. The van der Waals surface area contributed by atoms with Crippen LogP contribution in [0.4, 0.5) is 11.4 Å². The van der Waals surface area contributed by atoms with Crippen molar-refractivity contribution < 1.29 is 13.2 Å². The molecule has 2 aromatic carbocycles.